The fourth-order valence-electron chi connectivity index (χ4n) is 10.0. The summed E-state index contributed by atoms with van der Waals surface area (Å²) in [5.74, 6) is -1.42. The van der Waals surface area contributed by atoms with E-state index in [1.54, 1.807) is 0 Å². The van der Waals surface area contributed by atoms with Crippen molar-refractivity contribution in [3.05, 3.63) is 0 Å². The molecule has 76 heavy (non-hydrogen) atoms. The predicted octanol–water partition coefficient (Wildman–Crippen LogP) is 19.8. The summed E-state index contributed by atoms with van der Waals surface area (Å²) in [6.07, 6.45) is 59.1. The maximum atomic E-state index is 13.0. The summed E-state index contributed by atoms with van der Waals surface area (Å²) in [6.45, 7) is 4.76. The molecule has 0 aromatic carbocycles. The van der Waals surface area contributed by atoms with Gasteiger partial charge in [-0.15, -0.1) is 0 Å². The molecule has 0 heterocycles. The zero-order chi connectivity index (χ0) is 55.5. The van der Waals surface area contributed by atoms with E-state index in [1.807, 2.05) is 0 Å². The van der Waals surface area contributed by atoms with E-state index >= 15 is 0 Å². The molecule has 452 valence electrons. The average molecular weight is 1100 g/mol. The Balaban J connectivity index is 4.61. The fourth-order valence-corrected chi connectivity index (χ4v) is 10.8. The van der Waals surface area contributed by atoms with E-state index in [0.29, 0.717) is 19.3 Å². The topological polar surface area (TPSA) is 155 Å². The van der Waals surface area contributed by atoms with Crippen LogP contribution in [0.3, 0.4) is 0 Å². The van der Waals surface area contributed by atoms with E-state index in [4.69, 9.17) is 23.3 Å². The SMILES string of the molecule is CCCCCCCCCCCCCCCCCCCCCC(=O)OC(COC(=O)CCCCCCCCCCCCCCCCC)COP(=O)(O)OCC(CO)OC(=O)CCCCCCCCCCCCCCCCC. The number of phosphoric acid groups is 1. The van der Waals surface area contributed by atoms with Crippen LogP contribution in [0, 0.1) is 0 Å². The lowest BCUT2D eigenvalue weighted by Gasteiger charge is -2.21. The van der Waals surface area contributed by atoms with Gasteiger partial charge in [0.2, 0.25) is 0 Å². The van der Waals surface area contributed by atoms with Gasteiger partial charge in [-0.3, -0.25) is 23.4 Å². The van der Waals surface area contributed by atoms with Crippen molar-refractivity contribution in [1.82, 2.24) is 0 Å². The molecular formula is C64H125O11P. The van der Waals surface area contributed by atoms with Gasteiger partial charge in [0.25, 0.3) is 0 Å². The molecule has 0 saturated carbocycles. The Morgan fingerprint density at radius 3 is 0.776 bits per heavy atom. The number of rotatable bonds is 63. The van der Waals surface area contributed by atoms with Crippen LogP contribution in [-0.4, -0.2) is 66.5 Å². The van der Waals surface area contributed by atoms with Gasteiger partial charge in [0.15, 0.2) is 6.10 Å². The Kier molecular flexibility index (Phi) is 58.4. The van der Waals surface area contributed by atoms with Crippen LogP contribution in [0.1, 0.15) is 355 Å². The van der Waals surface area contributed by atoms with Crippen LogP contribution in [0.15, 0.2) is 0 Å². The summed E-state index contributed by atoms with van der Waals surface area (Å²) >= 11 is 0. The second kappa shape index (κ2) is 59.6. The van der Waals surface area contributed by atoms with Crippen LogP contribution in [-0.2, 0) is 42.2 Å². The summed E-state index contributed by atoms with van der Waals surface area (Å²) in [4.78, 5) is 48.7. The number of hydrogen-bond donors (Lipinski definition) is 2. The Morgan fingerprint density at radius 2 is 0.526 bits per heavy atom. The van der Waals surface area contributed by atoms with Gasteiger partial charge in [0, 0.05) is 19.3 Å². The number of hydrogen-bond acceptors (Lipinski definition) is 10. The maximum absolute atomic E-state index is 13.0. The van der Waals surface area contributed by atoms with E-state index in [9.17, 15) is 28.9 Å². The molecule has 2 N–H and O–H groups in total. The first-order chi connectivity index (χ1) is 37.2. The zero-order valence-electron chi connectivity index (χ0n) is 50.3. The summed E-state index contributed by atoms with van der Waals surface area (Å²) in [5.41, 5.74) is 0. The van der Waals surface area contributed by atoms with Crippen molar-refractivity contribution in [2.45, 2.75) is 367 Å². The molecule has 0 saturated heterocycles. The van der Waals surface area contributed by atoms with Gasteiger partial charge in [0.1, 0.15) is 12.7 Å². The number of aliphatic hydroxyl groups excluding tert-OH is 1. The molecule has 0 aliphatic rings. The minimum absolute atomic E-state index is 0.179. The Bertz CT molecular complexity index is 1280. The maximum Gasteiger partial charge on any atom is 0.472 e. The number of aliphatic hydroxyl groups is 1. The highest BCUT2D eigenvalue weighted by molar-refractivity contribution is 7.47. The molecule has 0 rings (SSSR count). The molecule has 0 bridgehead atoms. The van der Waals surface area contributed by atoms with Gasteiger partial charge < -0.3 is 24.2 Å². The van der Waals surface area contributed by atoms with Crippen molar-refractivity contribution in [2.75, 3.05) is 26.4 Å². The smallest absolute Gasteiger partial charge is 0.462 e. The lowest BCUT2D eigenvalue weighted by molar-refractivity contribution is -0.161. The molecular weight excluding hydrogens is 976 g/mol. The number of ether oxygens (including phenoxy) is 3. The highest BCUT2D eigenvalue weighted by Crippen LogP contribution is 2.43. The monoisotopic (exact) mass is 1100 g/mol. The fraction of sp³-hybridized carbons (Fsp3) is 0.953. The molecule has 3 unspecified atom stereocenters. The highest BCUT2D eigenvalue weighted by Gasteiger charge is 2.28. The Morgan fingerprint density at radius 1 is 0.316 bits per heavy atom. The van der Waals surface area contributed by atoms with Gasteiger partial charge in [-0.05, 0) is 19.3 Å². The molecule has 12 heteroatoms. The van der Waals surface area contributed by atoms with Gasteiger partial charge in [-0.2, -0.15) is 0 Å². The molecule has 0 radical (unpaired) electrons. The molecule has 0 spiro atoms. The van der Waals surface area contributed by atoms with Crippen LogP contribution in [0.5, 0.6) is 0 Å². The van der Waals surface area contributed by atoms with Crippen LogP contribution < -0.4 is 0 Å². The third kappa shape index (κ3) is 57.2. The van der Waals surface area contributed by atoms with Crippen molar-refractivity contribution in [3.63, 3.8) is 0 Å². The molecule has 0 aliphatic carbocycles. The van der Waals surface area contributed by atoms with Crippen molar-refractivity contribution in [1.29, 1.82) is 0 Å². The number of phosphoric ester groups is 1. The summed E-state index contributed by atoms with van der Waals surface area (Å²) in [6, 6.07) is 0. The van der Waals surface area contributed by atoms with Crippen LogP contribution in [0.25, 0.3) is 0 Å². The van der Waals surface area contributed by atoms with E-state index in [0.717, 1.165) is 57.8 Å². The van der Waals surface area contributed by atoms with E-state index in [1.165, 1.54) is 238 Å². The van der Waals surface area contributed by atoms with Gasteiger partial charge in [-0.25, -0.2) is 4.57 Å². The average Bonchev–Trinajstić information content (AvgIpc) is 3.41. The second-order valence-corrected chi connectivity index (χ2v) is 24.1. The first-order valence-electron chi connectivity index (χ1n) is 32.9. The van der Waals surface area contributed by atoms with Crippen molar-refractivity contribution in [2.24, 2.45) is 0 Å². The molecule has 3 atom stereocenters. The molecule has 11 nitrogen and oxygen atoms in total. The summed E-state index contributed by atoms with van der Waals surface area (Å²) in [7, 11) is -4.74. The zero-order valence-corrected chi connectivity index (χ0v) is 51.2. The van der Waals surface area contributed by atoms with Crippen LogP contribution in [0.4, 0.5) is 0 Å². The van der Waals surface area contributed by atoms with Gasteiger partial charge >= 0.3 is 25.7 Å². The van der Waals surface area contributed by atoms with Crippen LogP contribution >= 0.6 is 7.82 Å². The third-order valence-electron chi connectivity index (χ3n) is 15.0. The van der Waals surface area contributed by atoms with Crippen LogP contribution in [0.2, 0.25) is 0 Å². The standard InChI is InChI=1S/C64H125O11P/c1-4-7-10-13-16-19-22-25-28-29-30-31-34-37-40-43-46-49-52-55-64(68)75-61(57-71-62(66)53-50-47-44-41-38-35-32-26-23-20-17-14-11-8-5-2)59-73-76(69,70)72-58-60(56-65)74-63(67)54-51-48-45-42-39-36-33-27-24-21-18-15-12-9-6-3/h60-61,65H,4-59H2,1-3H3,(H,69,70). The molecule has 0 aromatic rings. The first-order valence-corrected chi connectivity index (χ1v) is 34.4. The van der Waals surface area contributed by atoms with Gasteiger partial charge in [0.05, 0.1) is 19.8 Å². The number of carbonyl (C=O) groups excluding carboxylic acids is 3. The van der Waals surface area contributed by atoms with E-state index in [2.05, 4.69) is 20.8 Å². The predicted molar refractivity (Wildman–Crippen MR) is 317 cm³/mol. The summed E-state index contributed by atoms with van der Waals surface area (Å²) < 4.78 is 39.7. The largest absolute Gasteiger partial charge is 0.472 e. The van der Waals surface area contributed by atoms with E-state index < -0.39 is 57.8 Å². The minimum atomic E-state index is -4.74. The second-order valence-electron chi connectivity index (χ2n) is 22.7. The number of esters is 3. The van der Waals surface area contributed by atoms with Gasteiger partial charge in [-0.1, -0.05) is 316 Å². The number of unbranched alkanes of at least 4 members (excludes halogenated alkanes) is 46. The van der Waals surface area contributed by atoms with Crippen molar-refractivity contribution < 1.29 is 52.2 Å². The normalized spacial score (nSPS) is 13.2. The van der Waals surface area contributed by atoms with Crippen molar-refractivity contribution in [3.8, 4) is 0 Å². The third-order valence-corrected chi connectivity index (χ3v) is 16.0. The molecule has 0 amide bonds. The lowest BCUT2D eigenvalue weighted by atomic mass is 10.0. The highest BCUT2D eigenvalue weighted by atomic mass is 31.2. The molecule has 0 aliphatic heterocycles. The molecule has 0 fully saturated rings. The minimum Gasteiger partial charge on any atom is -0.462 e. The van der Waals surface area contributed by atoms with Crippen molar-refractivity contribution >= 4 is 25.7 Å². The van der Waals surface area contributed by atoms with E-state index in [-0.39, 0.29) is 25.9 Å². The Labute approximate surface area is 469 Å². The lowest BCUT2D eigenvalue weighted by Crippen LogP contribution is -2.30. The first kappa shape index (κ1) is 74.5. The Hall–Kier alpha value is -1.52. The number of carbonyl (C=O) groups is 3. The summed E-state index contributed by atoms with van der Waals surface area (Å²) in [5, 5.41) is 9.85. The molecule has 0 aromatic heterocycles. The quantitative estimate of drug-likeness (QED) is 0.0259.